The molecule has 2 aromatic rings. The number of methoxy groups -OCH3 is 1. The molecule has 2 aliphatic carbocycles. The predicted molar refractivity (Wildman–Crippen MR) is 201 cm³/mol. The Labute approximate surface area is 329 Å². The number of rotatable bonds is 9. The van der Waals surface area contributed by atoms with Crippen LogP contribution in [0.3, 0.4) is 0 Å². The second-order valence-corrected chi connectivity index (χ2v) is 18.4. The summed E-state index contributed by atoms with van der Waals surface area (Å²) in [4.78, 5) is 61.9. The molecule has 2 aliphatic heterocycles. The van der Waals surface area contributed by atoms with Crippen LogP contribution in [0.25, 0.3) is 10.8 Å². The van der Waals surface area contributed by atoms with Gasteiger partial charge in [0.1, 0.15) is 29.5 Å². The largest absolute Gasteiger partial charge is 0.497 e. The highest BCUT2D eigenvalue weighted by molar-refractivity contribution is 7.91. The number of hydrogen-bond acceptors (Lipinski definition) is 10. The third kappa shape index (κ3) is 8.65. The molecule has 6 atom stereocenters. The monoisotopic (exact) mass is 821 g/mol. The highest BCUT2D eigenvalue weighted by Gasteiger charge is 2.63. The Morgan fingerprint density at radius 1 is 1.12 bits per heavy atom. The predicted octanol–water partition coefficient (Wildman–Crippen LogP) is 5.06. The van der Waals surface area contributed by atoms with Crippen molar-refractivity contribution in [3.8, 4) is 11.6 Å². The highest BCUT2D eigenvalue weighted by atomic mass is 32.2. The Kier molecular flexibility index (Phi) is 11.5. The van der Waals surface area contributed by atoms with Crippen LogP contribution in [0.15, 0.2) is 42.6 Å². The van der Waals surface area contributed by atoms with E-state index in [1.807, 2.05) is 6.08 Å². The summed E-state index contributed by atoms with van der Waals surface area (Å²) in [5.74, 6) is -2.71. The fraction of sp³-hybridized carbons (Fsp3) is 0.615. The lowest BCUT2D eigenvalue weighted by atomic mass is 9.89. The molecule has 6 rings (SSSR count). The minimum atomic E-state index is -4.91. The van der Waals surface area contributed by atoms with E-state index in [4.69, 9.17) is 14.2 Å². The second-order valence-electron chi connectivity index (χ2n) is 16.2. The van der Waals surface area contributed by atoms with Gasteiger partial charge in [-0.05, 0) is 94.9 Å². The Bertz CT molecular complexity index is 2040. The van der Waals surface area contributed by atoms with Crippen LogP contribution in [0.2, 0.25) is 0 Å². The molecule has 4 amide bonds. The number of nitrogens with zero attached hydrogens (tertiary/aromatic N) is 2. The first-order valence-corrected chi connectivity index (χ1v) is 20.7. The standard InChI is InChI=1S/C39H50F3N5O9S/c1-6-23-11-9-7-8-10-12-25-21-38(25,34(50)46-57(52,53)37(4)16-17-37)45-31(48)29-20-27(55-32-28-14-13-26(54-5)19-24(28)15-18-43-32)22-47(29)33(49)30(23)44-35(51)56-36(2,3)39(40,41)42/h10,12-15,18-19,23,25,27,29-30H,6-9,11,16-17,20-22H2,1-5H3,(H,44,51)(H,45,48)(H,46,50)/b12-10-/t23-,25-,27-,29+,30+,38-/m1/s1. The number of carbonyl (C=O) groups is 4. The number of pyridine rings is 1. The number of hydrogen-bond donors (Lipinski definition) is 3. The van der Waals surface area contributed by atoms with Crippen molar-refractivity contribution in [2.75, 3.05) is 13.7 Å². The Morgan fingerprint density at radius 3 is 2.53 bits per heavy atom. The molecular weight excluding hydrogens is 772 g/mol. The highest BCUT2D eigenvalue weighted by Crippen LogP contribution is 2.47. The molecule has 0 bridgehead atoms. The number of carbonyl (C=O) groups excluding carboxylic acids is 4. The van der Waals surface area contributed by atoms with Gasteiger partial charge in [-0.3, -0.25) is 19.1 Å². The van der Waals surface area contributed by atoms with Crippen LogP contribution >= 0.6 is 0 Å². The molecule has 18 heteroatoms. The molecule has 1 saturated heterocycles. The van der Waals surface area contributed by atoms with E-state index in [0.29, 0.717) is 69.9 Å². The summed E-state index contributed by atoms with van der Waals surface area (Å²) in [5.41, 5.74) is -4.51. The summed E-state index contributed by atoms with van der Waals surface area (Å²) in [6.07, 6.45) is 1.27. The number of nitrogens with one attached hydrogen (secondary N) is 3. The second kappa shape index (κ2) is 15.6. The lowest BCUT2D eigenvalue weighted by Gasteiger charge is -2.34. The number of allylic oxidation sites excluding steroid dienone is 1. The number of amides is 4. The SMILES string of the molecule is CC[C@@H]1CCCC/C=C\[C@@H]2C[C@@]2(C(=O)NS(=O)(=O)C2(C)CC2)NC(=O)[C@@H]2C[C@@H](Oc3nccc4cc(OC)ccc34)CN2C(=O)[C@H]1NC(=O)OC(C)(C)C(F)(F)F. The van der Waals surface area contributed by atoms with Crippen LogP contribution in [0, 0.1) is 11.8 Å². The average Bonchev–Trinajstić information content (AvgIpc) is 4.02. The Morgan fingerprint density at radius 2 is 1.86 bits per heavy atom. The maximum Gasteiger partial charge on any atom is 0.427 e. The number of sulfonamides is 1. The van der Waals surface area contributed by atoms with Crippen LogP contribution in [0.1, 0.15) is 85.5 Å². The van der Waals surface area contributed by atoms with Gasteiger partial charge in [-0.2, -0.15) is 13.2 Å². The van der Waals surface area contributed by atoms with Crippen molar-refractivity contribution < 1.29 is 55.0 Å². The number of fused-ring (bicyclic) bond motifs is 3. The van der Waals surface area contributed by atoms with E-state index in [1.54, 1.807) is 37.3 Å². The third-order valence-corrected chi connectivity index (χ3v) is 13.9. The van der Waals surface area contributed by atoms with E-state index < -0.39 is 85.9 Å². The van der Waals surface area contributed by atoms with E-state index in [0.717, 1.165) is 5.39 Å². The van der Waals surface area contributed by atoms with Gasteiger partial charge in [0, 0.05) is 23.9 Å². The lowest BCUT2D eigenvalue weighted by Crippen LogP contribution is -2.60. The molecule has 1 aromatic heterocycles. The maximum atomic E-state index is 14.8. The number of benzene rings is 1. The van der Waals surface area contributed by atoms with Crippen LogP contribution in [0.4, 0.5) is 18.0 Å². The van der Waals surface area contributed by atoms with E-state index in [1.165, 1.54) is 25.1 Å². The van der Waals surface area contributed by atoms with Crippen LogP contribution in [0.5, 0.6) is 11.6 Å². The van der Waals surface area contributed by atoms with Crippen LogP contribution in [-0.4, -0.2) is 96.0 Å². The van der Waals surface area contributed by atoms with Gasteiger partial charge in [0.2, 0.25) is 33.3 Å². The fourth-order valence-electron chi connectivity index (χ4n) is 7.49. The smallest absolute Gasteiger partial charge is 0.427 e. The zero-order valence-electron chi connectivity index (χ0n) is 32.6. The number of halogens is 3. The van der Waals surface area contributed by atoms with Gasteiger partial charge in [-0.15, -0.1) is 0 Å². The summed E-state index contributed by atoms with van der Waals surface area (Å²) in [5, 5.41) is 6.57. The molecule has 57 heavy (non-hydrogen) atoms. The Balaban J connectivity index is 1.35. The molecule has 1 aromatic carbocycles. The van der Waals surface area contributed by atoms with Gasteiger partial charge in [0.25, 0.3) is 5.91 Å². The van der Waals surface area contributed by atoms with Crippen molar-refractivity contribution in [1.29, 1.82) is 0 Å². The molecule has 2 saturated carbocycles. The molecule has 0 radical (unpaired) electrons. The molecule has 312 valence electrons. The van der Waals surface area contributed by atoms with Crippen LogP contribution < -0.4 is 24.8 Å². The summed E-state index contributed by atoms with van der Waals surface area (Å²) in [6.45, 7) is 4.53. The fourth-order valence-corrected chi connectivity index (χ4v) is 8.80. The molecular formula is C39H50F3N5O9S. The first-order valence-electron chi connectivity index (χ1n) is 19.3. The minimum absolute atomic E-state index is 0.102. The quantitative estimate of drug-likeness (QED) is 0.290. The molecule has 4 aliphatic rings. The summed E-state index contributed by atoms with van der Waals surface area (Å²) in [6, 6.07) is 4.31. The lowest BCUT2D eigenvalue weighted by molar-refractivity contribution is -0.244. The molecule has 3 heterocycles. The maximum absolute atomic E-state index is 14.8. The normalized spacial score (nSPS) is 28.4. The topological polar surface area (TPSA) is 182 Å². The third-order valence-electron chi connectivity index (χ3n) is 11.8. The summed E-state index contributed by atoms with van der Waals surface area (Å²) >= 11 is 0. The van der Waals surface area contributed by atoms with E-state index in [9.17, 15) is 40.8 Å². The van der Waals surface area contributed by atoms with Gasteiger partial charge in [0.05, 0.1) is 18.4 Å². The zero-order valence-corrected chi connectivity index (χ0v) is 33.4. The molecule has 3 N–H and O–H groups in total. The Hall–Kier alpha value is -4.61. The number of alkyl carbamates (subject to hydrolysis) is 1. The molecule has 3 fully saturated rings. The molecule has 0 unspecified atom stereocenters. The molecule has 14 nitrogen and oxygen atoms in total. The number of ether oxygens (including phenoxy) is 3. The van der Waals surface area contributed by atoms with Crippen molar-refractivity contribution in [2.45, 2.75) is 126 Å². The number of alkyl halides is 3. The average molecular weight is 822 g/mol. The van der Waals surface area contributed by atoms with Gasteiger partial charge < -0.3 is 29.7 Å². The first kappa shape index (κ1) is 42.0. The van der Waals surface area contributed by atoms with E-state index in [2.05, 4.69) is 20.3 Å². The van der Waals surface area contributed by atoms with Gasteiger partial charge in [-0.1, -0.05) is 31.9 Å². The van der Waals surface area contributed by atoms with Gasteiger partial charge in [-0.25, -0.2) is 18.2 Å². The number of aromatic nitrogens is 1. The summed E-state index contributed by atoms with van der Waals surface area (Å²) < 4.78 is 85.1. The van der Waals surface area contributed by atoms with Crippen molar-refractivity contribution in [1.82, 2.24) is 25.2 Å². The van der Waals surface area contributed by atoms with Crippen LogP contribution in [-0.2, 0) is 29.1 Å². The van der Waals surface area contributed by atoms with Crippen molar-refractivity contribution in [2.24, 2.45) is 11.8 Å². The molecule has 0 spiro atoms. The van der Waals surface area contributed by atoms with Crippen molar-refractivity contribution >= 4 is 44.6 Å². The van der Waals surface area contributed by atoms with Gasteiger partial charge >= 0.3 is 12.3 Å². The van der Waals surface area contributed by atoms with E-state index >= 15 is 0 Å². The van der Waals surface area contributed by atoms with Gasteiger partial charge in [0.15, 0.2) is 0 Å². The van der Waals surface area contributed by atoms with E-state index in [-0.39, 0.29) is 25.3 Å². The van der Waals surface area contributed by atoms with Crippen molar-refractivity contribution in [3.05, 3.63) is 42.6 Å². The minimum Gasteiger partial charge on any atom is -0.497 e. The summed E-state index contributed by atoms with van der Waals surface area (Å²) in [7, 11) is -2.54. The zero-order chi connectivity index (χ0) is 41.6. The first-order chi connectivity index (χ1) is 26.7. The van der Waals surface area contributed by atoms with Crippen molar-refractivity contribution in [3.63, 3.8) is 0 Å².